The van der Waals surface area contributed by atoms with Gasteiger partial charge in [0.1, 0.15) is 0 Å². The Hall–Kier alpha value is -2.63. The third kappa shape index (κ3) is 35.2. The number of rotatable bonds is 31. The Morgan fingerprint density at radius 2 is 0.780 bits per heavy atom. The first-order valence-corrected chi connectivity index (χ1v) is 20.8. The van der Waals surface area contributed by atoms with Gasteiger partial charge in [-0.15, -0.1) is 0 Å². The quantitative estimate of drug-likeness (QED) is 0.0337. The molecule has 0 spiro atoms. The second-order valence-corrected chi connectivity index (χ2v) is 13.8. The van der Waals surface area contributed by atoms with Crippen molar-refractivity contribution in [3.63, 3.8) is 0 Å². The van der Waals surface area contributed by atoms with Crippen LogP contribution >= 0.6 is 0 Å². The number of hydrogen-bond donors (Lipinski definition) is 0. The van der Waals surface area contributed by atoms with Gasteiger partial charge in [0, 0.05) is 19.3 Å². The molecule has 288 valence electrons. The predicted molar refractivity (Wildman–Crippen MR) is 208 cm³/mol. The van der Waals surface area contributed by atoms with Gasteiger partial charge in [-0.1, -0.05) is 175 Å². The predicted octanol–water partition coefficient (Wildman–Crippen LogP) is 14.6. The number of ketones is 1. The summed E-state index contributed by atoms with van der Waals surface area (Å²) in [6, 6.07) is 7.18. The van der Waals surface area contributed by atoms with E-state index in [1.54, 1.807) is 30.9 Å². The van der Waals surface area contributed by atoms with E-state index in [-0.39, 0.29) is 17.7 Å². The molecule has 6 heteroatoms. The standard InChI is InChI=1S/C24H46O3.C16H26O2.C4H4O/c1-3-5-7-9-11-13-15-17-19-21-23(25)27-24(26)22-20-18-16-14-12-10-8-6-4-2;1-2-3-4-5-6-7-8-9-10-12-15(17)16-13-11-14-18-16;1-2-4-5-3-1/h3-22H2,1-2H3;11,13-14H,2-10,12H2,1H3;1-4H. The molecule has 0 aliphatic carbocycles. The highest BCUT2D eigenvalue weighted by atomic mass is 16.6. The first-order chi connectivity index (χ1) is 24.5. The Morgan fingerprint density at radius 3 is 1.08 bits per heavy atom. The van der Waals surface area contributed by atoms with Gasteiger partial charge < -0.3 is 13.6 Å². The van der Waals surface area contributed by atoms with E-state index in [0.29, 0.717) is 25.0 Å². The topological polar surface area (TPSA) is 86.7 Å². The average Bonchev–Trinajstić information content (AvgIpc) is 3.88. The van der Waals surface area contributed by atoms with E-state index in [9.17, 15) is 14.4 Å². The van der Waals surface area contributed by atoms with Gasteiger partial charge >= 0.3 is 11.9 Å². The molecule has 0 atom stereocenters. The van der Waals surface area contributed by atoms with Gasteiger partial charge in [0.25, 0.3) is 0 Å². The minimum atomic E-state index is -0.334. The summed E-state index contributed by atoms with van der Waals surface area (Å²) in [5.74, 6) is -0.0183. The van der Waals surface area contributed by atoms with E-state index in [1.807, 2.05) is 12.1 Å². The molecule has 50 heavy (non-hydrogen) atoms. The Bertz CT molecular complexity index is 900. The lowest BCUT2D eigenvalue weighted by molar-refractivity contribution is -0.159. The lowest BCUT2D eigenvalue weighted by atomic mass is 10.1. The maximum atomic E-state index is 11.7. The van der Waals surface area contributed by atoms with Crippen molar-refractivity contribution in [2.75, 3.05) is 0 Å². The summed E-state index contributed by atoms with van der Waals surface area (Å²) in [7, 11) is 0. The number of ether oxygens (including phenoxy) is 1. The number of carbonyl (C=O) groups excluding carboxylic acids is 3. The third-order valence-corrected chi connectivity index (χ3v) is 8.93. The van der Waals surface area contributed by atoms with Gasteiger partial charge in [-0.3, -0.25) is 14.4 Å². The molecule has 2 aromatic heterocycles. The number of carbonyl (C=O) groups is 3. The molecule has 2 rings (SSSR count). The zero-order valence-electron chi connectivity index (χ0n) is 32.7. The first-order valence-electron chi connectivity index (χ1n) is 20.8. The monoisotopic (exact) mass is 701 g/mol. The van der Waals surface area contributed by atoms with Crippen LogP contribution in [-0.2, 0) is 14.3 Å². The summed E-state index contributed by atoms with van der Waals surface area (Å²) >= 11 is 0. The van der Waals surface area contributed by atoms with E-state index in [4.69, 9.17) is 9.15 Å². The van der Waals surface area contributed by atoms with Crippen molar-refractivity contribution in [2.24, 2.45) is 0 Å². The normalized spacial score (nSPS) is 10.5. The largest absolute Gasteiger partial charge is 0.473 e. The molecule has 0 bridgehead atoms. The van der Waals surface area contributed by atoms with Crippen molar-refractivity contribution < 1.29 is 28.0 Å². The van der Waals surface area contributed by atoms with Gasteiger partial charge in [-0.2, -0.15) is 0 Å². The molecule has 0 N–H and O–H groups in total. The van der Waals surface area contributed by atoms with E-state index in [0.717, 1.165) is 32.1 Å². The number of esters is 2. The van der Waals surface area contributed by atoms with E-state index < -0.39 is 0 Å². The number of Topliss-reactive ketones (excluding diaryl/α,β-unsaturated/α-hetero) is 1. The van der Waals surface area contributed by atoms with Crippen molar-refractivity contribution in [3.05, 3.63) is 48.8 Å². The van der Waals surface area contributed by atoms with Crippen molar-refractivity contribution in [3.8, 4) is 0 Å². The molecule has 0 aromatic carbocycles. The molecule has 0 aliphatic heterocycles. The molecule has 0 saturated carbocycles. The van der Waals surface area contributed by atoms with Gasteiger partial charge in [-0.05, 0) is 43.5 Å². The van der Waals surface area contributed by atoms with Crippen LogP contribution in [0.2, 0.25) is 0 Å². The first kappa shape index (κ1) is 47.4. The summed E-state index contributed by atoms with van der Waals surface area (Å²) in [6.07, 6.45) is 39.7. The molecule has 2 heterocycles. The van der Waals surface area contributed by atoms with E-state index in [2.05, 4.69) is 25.2 Å². The van der Waals surface area contributed by atoms with Crippen molar-refractivity contribution >= 4 is 17.7 Å². The van der Waals surface area contributed by atoms with Crippen molar-refractivity contribution in [2.45, 2.75) is 213 Å². The fraction of sp³-hybridized carbons (Fsp3) is 0.750. The van der Waals surface area contributed by atoms with Crippen molar-refractivity contribution in [1.29, 1.82) is 0 Å². The van der Waals surface area contributed by atoms with Gasteiger partial charge in [0.15, 0.2) is 11.5 Å². The molecule has 0 fully saturated rings. The Labute approximate surface area is 307 Å². The minimum Gasteiger partial charge on any atom is -0.473 e. The highest BCUT2D eigenvalue weighted by Crippen LogP contribution is 2.14. The molecule has 6 nitrogen and oxygen atoms in total. The molecule has 0 aliphatic rings. The van der Waals surface area contributed by atoms with E-state index >= 15 is 0 Å². The summed E-state index contributed by atoms with van der Waals surface area (Å²) in [5, 5.41) is 0. The molecule has 0 radical (unpaired) electrons. The lowest BCUT2D eigenvalue weighted by Crippen LogP contribution is -2.11. The number of furan rings is 2. The second-order valence-electron chi connectivity index (χ2n) is 13.8. The fourth-order valence-corrected chi connectivity index (χ4v) is 5.77. The molecule has 2 aromatic rings. The third-order valence-electron chi connectivity index (χ3n) is 8.93. The summed E-state index contributed by atoms with van der Waals surface area (Å²) < 4.78 is 14.6. The number of hydrogen-bond acceptors (Lipinski definition) is 6. The SMILES string of the molecule is CCCCCCCCCCCC(=O)OC(=O)CCCCCCCCCCC.CCCCCCCCCCCC(=O)c1ccco1.c1ccoc1. The average molecular weight is 701 g/mol. The van der Waals surface area contributed by atoms with Crippen LogP contribution in [0.15, 0.2) is 51.9 Å². The minimum absolute atomic E-state index is 0.142. The Morgan fingerprint density at radius 1 is 0.440 bits per heavy atom. The maximum absolute atomic E-state index is 11.7. The lowest BCUT2D eigenvalue weighted by Gasteiger charge is -2.04. The van der Waals surface area contributed by atoms with Crippen LogP contribution in [0.25, 0.3) is 0 Å². The van der Waals surface area contributed by atoms with E-state index in [1.165, 1.54) is 141 Å². The summed E-state index contributed by atoms with van der Waals surface area (Å²) in [5.41, 5.74) is 0. The zero-order valence-corrected chi connectivity index (χ0v) is 32.7. The smallest absolute Gasteiger partial charge is 0.313 e. The van der Waals surface area contributed by atoms with Crippen LogP contribution in [0.4, 0.5) is 0 Å². The molecule has 0 unspecified atom stereocenters. The van der Waals surface area contributed by atoms with Crippen molar-refractivity contribution in [1.82, 2.24) is 0 Å². The van der Waals surface area contributed by atoms with Crippen LogP contribution in [0.5, 0.6) is 0 Å². The fourth-order valence-electron chi connectivity index (χ4n) is 5.77. The van der Waals surface area contributed by atoms with Crippen LogP contribution in [0.3, 0.4) is 0 Å². The Kier molecular flexibility index (Phi) is 37.1. The molecule has 0 amide bonds. The van der Waals surface area contributed by atoms with Crippen LogP contribution in [0, 0.1) is 0 Å². The van der Waals surface area contributed by atoms with Gasteiger partial charge in [-0.25, -0.2) is 0 Å². The van der Waals surface area contributed by atoms with Crippen LogP contribution in [-0.4, -0.2) is 17.7 Å². The molecule has 0 saturated heterocycles. The van der Waals surface area contributed by atoms with Crippen LogP contribution < -0.4 is 0 Å². The summed E-state index contributed by atoms with van der Waals surface area (Å²) in [6.45, 7) is 6.72. The molecular weight excluding hydrogens is 624 g/mol. The second kappa shape index (κ2) is 39.2. The highest BCUT2D eigenvalue weighted by molar-refractivity contribution is 5.93. The number of unbranched alkanes of at least 4 members (excludes halogenated alkanes) is 24. The summed E-state index contributed by atoms with van der Waals surface area (Å²) in [4.78, 5) is 35.0. The van der Waals surface area contributed by atoms with Gasteiger partial charge in [0.05, 0.1) is 18.8 Å². The zero-order chi connectivity index (χ0) is 36.6. The van der Waals surface area contributed by atoms with Crippen LogP contribution in [0.1, 0.15) is 224 Å². The maximum Gasteiger partial charge on any atom is 0.313 e. The highest BCUT2D eigenvalue weighted by Gasteiger charge is 2.10. The Balaban J connectivity index is 0.000000884. The molecular formula is C44H76O6. The van der Waals surface area contributed by atoms with Gasteiger partial charge in [0.2, 0.25) is 0 Å².